The van der Waals surface area contributed by atoms with Crippen LogP contribution in [0.15, 0.2) is 41.2 Å². The molecule has 2 aliphatic heterocycles. The van der Waals surface area contributed by atoms with Crippen LogP contribution in [0.2, 0.25) is 0 Å². The number of benzene rings is 2. The molecule has 4 N–H and O–H groups in total. The fraction of sp³-hybridized carbons (Fsp3) is 0.333. The van der Waals surface area contributed by atoms with Gasteiger partial charge in [-0.3, -0.25) is 9.59 Å². The molecule has 0 spiro atoms. The molecule has 6 rings (SSSR count). The highest BCUT2D eigenvalue weighted by Gasteiger charge is 2.45. The molecule has 0 saturated carbocycles. The summed E-state index contributed by atoms with van der Waals surface area (Å²) in [7, 11) is 0. The molecule has 0 bridgehead atoms. The molecular formula is C30H30N4O6. The summed E-state index contributed by atoms with van der Waals surface area (Å²) < 4.78 is 12.5. The van der Waals surface area contributed by atoms with Crippen LogP contribution in [0.3, 0.4) is 0 Å². The normalized spacial score (nSPS) is 17.4. The second kappa shape index (κ2) is 9.81. The van der Waals surface area contributed by atoms with Gasteiger partial charge in [0.15, 0.2) is 5.60 Å². The maximum atomic E-state index is 13.6. The molecule has 0 saturated heterocycles. The number of hydrogen-bond donors (Lipinski definition) is 3. The molecule has 10 nitrogen and oxygen atoms in total. The summed E-state index contributed by atoms with van der Waals surface area (Å²) >= 11 is 0. The van der Waals surface area contributed by atoms with E-state index in [1.807, 2.05) is 24.3 Å². The number of carbonyl (C=O) groups excluding carboxylic acids is 2. The van der Waals surface area contributed by atoms with E-state index >= 15 is 0 Å². The van der Waals surface area contributed by atoms with Crippen molar-refractivity contribution in [2.24, 2.45) is 5.73 Å². The molecule has 4 heterocycles. The Bertz CT molecular complexity index is 1780. The predicted molar refractivity (Wildman–Crippen MR) is 148 cm³/mol. The predicted octanol–water partition coefficient (Wildman–Crippen LogP) is 2.34. The monoisotopic (exact) mass is 542 g/mol. The molecule has 1 atom stereocenters. The van der Waals surface area contributed by atoms with E-state index in [-0.39, 0.29) is 37.8 Å². The molecule has 2 aromatic heterocycles. The SMILES string of the molecule is CCc1c2c(nc3ccc4ccc(COCNC(=O)CN)cc4c13)-c1cc3c(c(=O)n1C2)COC(=O)[C@]3(O)CC. The molecule has 206 valence electrons. The third-order valence-electron chi connectivity index (χ3n) is 8.03. The number of rotatable bonds is 7. The van der Waals surface area contributed by atoms with Crippen molar-refractivity contribution in [3.8, 4) is 11.4 Å². The summed E-state index contributed by atoms with van der Waals surface area (Å²) in [6.07, 6.45) is 0.812. The summed E-state index contributed by atoms with van der Waals surface area (Å²) in [4.78, 5) is 42.5. The molecule has 2 aromatic carbocycles. The Morgan fingerprint density at radius 2 is 2.00 bits per heavy atom. The number of cyclic esters (lactones) is 1. The number of esters is 1. The summed E-state index contributed by atoms with van der Waals surface area (Å²) in [6.45, 7) is 4.25. The zero-order valence-electron chi connectivity index (χ0n) is 22.4. The van der Waals surface area contributed by atoms with E-state index in [0.717, 1.165) is 44.8 Å². The Balaban J connectivity index is 1.48. The fourth-order valence-electron chi connectivity index (χ4n) is 5.89. The number of nitrogens with zero attached hydrogens (tertiary/aromatic N) is 2. The number of carbonyl (C=O) groups is 2. The molecule has 40 heavy (non-hydrogen) atoms. The molecule has 10 heteroatoms. The van der Waals surface area contributed by atoms with Crippen LogP contribution in [0.25, 0.3) is 33.1 Å². The smallest absolute Gasteiger partial charge is 0.343 e. The molecule has 0 aliphatic carbocycles. The van der Waals surface area contributed by atoms with Crippen LogP contribution < -0.4 is 16.6 Å². The lowest BCUT2D eigenvalue weighted by atomic mass is 9.86. The molecule has 0 unspecified atom stereocenters. The number of fused-ring (bicyclic) bond motifs is 7. The number of amides is 1. The molecular weight excluding hydrogens is 512 g/mol. The van der Waals surface area contributed by atoms with Gasteiger partial charge in [-0.15, -0.1) is 0 Å². The Kier molecular flexibility index (Phi) is 6.41. The van der Waals surface area contributed by atoms with Gasteiger partial charge in [0.25, 0.3) is 5.56 Å². The van der Waals surface area contributed by atoms with Crippen LogP contribution in [0.4, 0.5) is 0 Å². The van der Waals surface area contributed by atoms with E-state index in [0.29, 0.717) is 35.7 Å². The van der Waals surface area contributed by atoms with E-state index in [2.05, 4.69) is 18.3 Å². The topological polar surface area (TPSA) is 146 Å². The minimum Gasteiger partial charge on any atom is -0.458 e. The number of nitrogens with two attached hydrogens (primary N) is 1. The van der Waals surface area contributed by atoms with Gasteiger partial charge in [0.1, 0.15) is 13.3 Å². The number of hydrogen-bond acceptors (Lipinski definition) is 8. The lowest BCUT2D eigenvalue weighted by Crippen LogP contribution is -2.44. The van der Waals surface area contributed by atoms with Gasteiger partial charge < -0.3 is 30.2 Å². The number of aliphatic hydroxyl groups is 1. The van der Waals surface area contributed by atoms with Crippen molar-refractivity contribution in [2.45, 2.75) is 52.0 Å². The van der Waals surface area contributed by atoms with Crippen molar-refractivity contribution in [1.82, 2.24) is 14.9 Å². The number of ether oxygens (including phenoxy) is 2. The Labute approximate surface area is 229 Å². The van der Waals surface area contributed by atoms with E-state index in [9.17, 15) is 19.5 Å². The van der Waals surface area contributed by atoms with Crippen molar-refractivity contribution in [2.75, 3.05) is 13.3 Å². The van der Waals surface area contributed by atoms with Crippen LogP contribution in [-0.4, -0.2) is 39.8 Å². The van der Waals surface area contributed by atoms with Gasteiger partial charge >= 0.3 is 5.97 Å². The second-order valence-electron chi connectivity index (χ2n) is 10.2. The van der Waals surface area contributed by atoms with Crippen molar-refractivity contribution >= 4 is 33.6 Å². The minimum atomic E-state index is -1.86. The molecule has 4 aromatic rings. The van der Waals surface area contributed by atoms with Crippen molar-refractivity contribution in [1.29, 1.82) is 0 Å². The zero-order valence-corrected chi connectivity index (χ0v) is 22.4. The van der Waals surface area contributed by atoms with Crippen LogP contribution in [0.5, 0.6) is 0 Å². The van der Waals surface area contributed by atoms with Crippen LogP contribution >= 0.6 is 0 Å². The lowest BCUT2D eigenvalue weighted by molar-refractivity contribution is -0.172. The maximum absolute atomic E-state index is 13.6. The fourth-order valence-corrected chi connectivity index (χ4v) is 5.89. The molecule has 2 aliphatic rings. The highest BCUT2D eigenvalue weighted by Crippen LogP contribution is 2.41. The van der Waals surface area contributed by atoms with Gasteiger partial charge in [-0.1, -0.05) is 32.0 Å². The van der Waals surface area contributed by atoms with Crippen molar-refractivity contribution < 1.29 is 24.2 Å². The first-order valence-corrected chi connectivity index (χ1v) is 13.4. The highest BCUT2D eigenvalue weighted by atomic mass is 16.6. The quantitative estimate of drug-likeness (QED) is 0.123. The van der Waals surface area contributed by atoms with Crippen molar-refractivity contribution in [3.63, 3.8) is 0 Å². The molecule has 1 amide bonds. The standard InChI is InChI=1S/C30H30N4O6/c1-3-18-20-12-34-24(10-22-21(28(34)36)14-40-29(37)30(22,38)4-2)27(20)33-23-8-7-17-6-5-16(9-19(17)26(18)23)13-39-15-32-25(35)11-31/h5-10,38H,3-4,11-15,31H2,1-2H3,(H,32,35)/t30-/m0/s1. The number of pyridine rings is 2. The van der Waals surface area contributed by atoms with Gasteiger partial charge in [-0.05, 0) is 52.9 Å². The third kappa shape index (κ3) is 3.90. The van der Waals surface area contributed by atoms with Crippen LogP contribution in [0.1, 0.15) is 48.1 Å². The first-order chi connectivity index (χ1) is 19.3. The highest BCUT2D eigenvalue weighted by molar-refractivity contribution is 6.09. The van der Waals surface area contributed by atoms with Crippen LogP contribution in [-0.2, 0) is 50.8 Å². The van der Waals surface area contributed by atoms with Crippen LogP contribution in [0, 0.1) is 0 Å². The number of aryl methyl sites for hydroxylation is 1. The lowest BCUT2D eigenvalue weighted by Gasteiger charge is -2.31. The maximum Gasteiger partial charge on any atom is 0.343 e. The summed E-state index contributed by atoms with van der Waals surface area (Å²) in [5, 5.41) is 16.9. The summed E-state index contributed by atoms with van der Waals surface area (Å²) in [6, 6.07) is 11.8. The Morgan fingerprint density at radius 1 is 1.20 bits per heavy atom. The van der Waals surface area contributed by atoms with Gasteiger partial charge in [-0.25, -0.2) is 9.78 Å². The number of aromatic nitrogens is 2. The van der Waals surface area contributed by atoms with Gasteiger partial charge in [0.05, 0.1) is 42.2 Å². The summed E-state index contributed by atoms with van der Waals surface area (Å²) in [5.74, 6) is -1.02. The molecule has 0 fully saturated rings. The average molecular weight is 543 g/mol. The van der Waals surface area contributed by atoms with Gasteiger partial charge in [-0.2, -0.15) is 0 Å². The average Bonchev–Trinajstić information content (AvgIpc) is 3.34. The largest absolute Gasteiger partial charge is 0.458 e. The van der Waals surface area contributed by atoms with E-state index in [4.69, 9.17) is 20.2 Å². The second-order valence-corrected chi connectivity index (χ2v) is 10.2. The van der Waals surface area contributed by atoms with E-state index in [1.165, 1.54) is 0 Å². The first-order valence-electron chi connectivity index (χ1n) is 13.4. The minimum absolute atomic E-state index is 0.0691. The first kappa shape index (κ1) is 26.1. The van der Waals surface area contributed by atoms with Crippen molar-refractivity contribution in [3.05, 3.63) is 74.6 Å². The van der Waals surface area contributed by atoms with E-state index in [1.54, 1.807) is 17.6 Å². The third-order valence-corrected chi connectivity index (χ3v) is 8.03. The summed E-state index contributed by atoms with van der Waals surface area (Å²) in [5.41, 5.74) is 8.87. The van der Waals surface area contributed by atoms with E-state index < -0.39 is 11.6 Å². The zero-order chi connectivity index (χ0) is 28.2. The van der Waals surface area contributed by atoms with Gasteiger partial charge in [0, 0.05) is 16.5 Å². The van der Waals surface area contributed by atoms with Gasteiger partial charge in [0.2, 0.25) is 5.91 Å². The number of nitrogens with one attached hydrogen (secondary N) is 1. The Hall–Kier alpha value is -4.12. The Morgan fingerprint density at radius 3 is 2.75 bits per heavy atom. The molecule has 0 radical (unpaired) electrons.